The number of ether oxygens (including phenoxy) is 1. The highest BCUT2D eigenvalue weighted by Gasteiger charge is 2.31. The highest BCUT2D eigenvalue weighted by Crippen LogP contribution is 2.32. The van der Waals surface area contributed by atoms with E-state index in [4.69, 9.17) is 4.74 Å². The second kappa shape index (κ2) is 7.11. The standard InChI is InChI=1S/C19H15F4NO2/c1-5-12(8-10(2)19(21,22)23)17-11(3)16(18(25)26-4)14-9-13(20)6-7-15(14)24-17/h5-9H,1-2H2,3-4H3/b12-8+. The van der Waals surface area contributed by atoms with Crippen LogP contribution in [0.25, 0.3) is 16.5 Å². The van der Waals surface area contributed by atoms with Crippen LogP contribution >= 0.6 is 0 Å². The van der Waals surface area contributed by atoms with Crippen molar-refractivity contribution < 1.29 is 27.1 Å². The number of carbonyl (C=O) groups excluding carboxylic acids is 1. The fraction of sp³-hybridized carbons (Fsp3) is 0.158. The fourth-order valence-corrected chi connectivity index (χ4v) is 2.47. The predicted molar refractivity (Wildman–Crippen MR) is 91.1 cm³/mol. The van der Waals surface area contributed by atoms with Crippen molar-refractivity contribution in [1.82, 2.24) is 4.98 Å². The Morgan fingerprint density at radius 2 is 1.96 bits per heavy atom. The molecule has 0 fully saturated rings. The topological polar surface area (TPSA) is 39.2 Å². The minimum Gasteiger partial charge on any atom is -0.465 e. The summed E-state index contributed by atoms with van der Waals surface area (Å²) in [5.41, 5.74) is -0.454. The number of alkyl halides is 3. The van der Waals surface area contributed by atoms with Gasteiger partial charge in [-0.1, -0.05) is 19.2 Å². The van der Waals surface area contributed by atoms with Crippen LogP contribution in [0.1, 0.15) is 21.6 Å². The Morgan fingerprint density at radius 3 is 2.50 bits per heavy atom. The zero-order valence-electron chi connectivity index (χ0n) is 14.1. The molecule has 0 bridgehead atoms. The molecule has 1 heterocycles. The van der Waals surface area contributed by atoms with Gasteiger partial charge >= 0.3 is 12.1 Å². The Morgan fingerprint density at radius 1 is 1.31 bits per heavy atom. The first-order chi connectivity index (χ1) is 12.1. The number of hydrogen-bond acceptors (Lipinski definition) is 3. The molecular weight excluding hydrogens is 350 g/mol. The molecule has 3 nitrogen and oxygen atoms in total. The lowest BCUT2D eigenvalue weighted by atomic mass is 9.96. The van der Waals surface area contributed by atoms with E-state index in [0.29, 0.717) is 0 Å². The quantitative estimate of drug-likeness (QED) is 0.427. The van der Waals surface area contributed by atoms with Gasteiger partial charge in [0.2, 0.25) is 0 Å². The average Bonchev–Trinajstić information content (AvgIpc) is 2.57. The monoisotopic (exact) mass is 365 g/mol. The molecule has 0 amide bonds. The third-order valence-corrected chi connectivity index (χ3v) is 3.77. The summed E-state index contributed by atoms with van der Waals surface area (Å²) >= 11 is 0. The first-order valence-electron chi connectivity index (χ1n) is 7.39. The number of rotatable bonds is 4. The lowest BCUT2D eigenvalue weighted by Gasteiger charge is -2.15. The van der Waals surface area contributed by atoms with Gasteiger partial charge in [-0.2, -0.15) is 13.2 Å². The Labute approximate surface area is 147 Å². The summed E-state index contributed by atoms with van der Waals surface area (Å²) in [7, 11) is 1.16. The minimum atomic E-state index is -4.62. The average molecular weight is 365 g/mol. The van der Waals surface area contributed by atoms with Crippen LogP contribution in [0.2, 0.25) is 0 Å². The van der Waals surface area contributed by atoms with Crippen LogP contribution in [0.3, 0.4) is 0 Å². The first kappa shape index (κ1) is 19.4. The van der Waals surface area contributed by atoms with Gasteiger partial charge in [0.15, 0.2) is 0 Å². The summed E-state index contributed by atoms with van der Waals surface area (Å²) in [5, 5.41) is 0.205. The molecule has 7 heteroatoms. The van der Waals surface area contributed by atoms with Crippen molar-refractivity contribution >= 4 is 22.4 Å². The zero-order valence-corrected chi connectivity index (χ0v) is 14.1. The van der Waals surface area contributed by atoms with Crippen LogP contribution in [-0.2, 0) is 4.74 Å². The summed E-state index contributed by atoms with van der Waals surface area (Å²) < 4.78 is 56.8. The molecule has 2 rings (SSSR count). The Balaban J connectivity index is 2.83. The van der Waals surface area contributed by atoms with Crippen LogP contribution in [0.4, 0.5) is 17.6 Å². The normalized spacial score (nSPS) is 12.2. The number of allylic oxidation sites excluding steroid dienone is 4. The number of fused-ring (bicyclic) bond motifs is 1. The highest BCUT2D eigenvalue weighted by molar-refractivity contribution is 6.06. The van der Waals surface area contributed by atoms with Crippen molar-refractivity contribution in [3.63, 3.8) is 0 Å². The van der Waals surface area contributed by atoms with Gasteiger partial charge < -0.3 is 4.74 Å². The molecule has 0 spiro atoms. The van der Waals surface area contributed by atoms with E-state index in [-0.39, 0.29) is 33.3 Å². The summed E-state index contributed by atoms with van der Waals surface area (Å²) in [6.07, 6.45) is -2.64. The van der Waals surface area contributed by atoms with Gasteiger partial charge in [0.25, 0.3) is 0 Å². The maximum atomic E-state index is 13.6. The van der Waals surface area contributed by atoms with E-state index in [9.17, 15) is 22.4 Å². The molecule has 0 atom stereocenters. The lowest BCUT2D eigenvalue weighted by Crippen LogP contribution is -2.11. The maximum absolute atomic E-state index is 13.6. The van der Waals surface area contributed by atoms with E-state index >= 15 is 0 Å². The van der Waals surface area contributed by atoms with E-state index in [1.54, 1.807) is 0 Å². The molecule has 0 radical (unpaired) electrons. The molecule has 0 saturated heterocycles. The summed E-state index contributed by atoms with van der Waals surface area (Å²) in [6.45, 7) is 8.00. The second-order valence-electron chi connectivity index (χ2n) is 5.44. The third kappa shape index (κ3) is 3.66. The van der Waals surface area contributed by atoms with Gasteiger partial charge in [-0.15, -0.1) is 0 Å². The first-order valence-corrected chi connectivity index (χ1v) is 7.39. The summed E-state index contributed by atoms with van der Waals surface area (Å²) in [4.78, 5) is 16.5. The van der Waals surface area contributed by atoms with E-state index in [2.05, 4.69) is 18.1 Å². The molecule has 0 N–H and O–H groups in total. The molecule has 0 unspecified atom stereocenters. The van der Waals surface area contributed by atoms with Gasteiger partial charge in [-0.3, -0.25) is 0 Å². The molecule has 136 valence electrons. The molecule has 0 aliphatic rings. The van der Waals surface area contributed by atoms with E-state index in [1.165, 1.54) is 19.1 Å². The summed E-state index contributed by atoms with van der Waals surface area (Å²) in [6, 6.07) is 3.60. The van der Waals surface area contributed by atoms with Crippen molar-refractivity contribution in [2.45, 2.75) is 13.1 Å². The fourth-order valence-electron chi connectivity index (χ4n) is 2.47. The Hall–Kier alpha value is -2.96. The van der Waals surface area contributed by atoms with Crippen LogP contribution < -0.4 is 0 Å². The Bertz CT molecular complexity index is 943. The predicted octanol–water partition coefficient (Wildman–Crippen LogP) is 5.16. The number of benzene rings is 1. The number of nitrogens with zero attached hydrogens (tertiary/aromatic N) is 1. The number of hydrogen-bond donors (Lipinski definition) is 0. The van der Waals surface area contributed by atoms with Crippen molar-refractivity contribution in [1.29, 1.82) is 0 Å². The highest BCUT2D eigenvalue weighted by atomic mass is 19.4. The SMILES string of the molecule is C=C/C(=C\C(=C)C(F)(F)F)c1nc2ccc(F)cc2c(C(=O)OC)c1C. The smallest absolute Gasteiger partial charge is 0.415 e. The van der Waals surface area contributed by atoms with E-state index in [1.807, 2.05) is 0 Å². The van der Waals surface area contributed by atoms with Gasteiger partial charge in [0.1, 0.15) is 5.82 Å². The number of pyridine rings is 1. The molecule has 0 saturated carbocycles. The molecule has 26 heavy (non-hydrogen) atoms. The molecule has 1 aromatic carbocycles. The lowest BCUT2D eigenvalue weighted by molar-refractivity contribution is -0.0877. The molecule has 1 aromatic heterocycles. The number of halogens is 4. The van der Waals surface area contributed by atoms with Crippen LogP contribution in [-0.4, -0.2) is 24.2 Å². The van der Waals surface area contributed by atoms with Gasteiger partial charge in [0, 0.05) is 16.5 Å². The number of methoxy groups -OCH3 is 1. The van der Waals surface area contributed by atoms with Gasteiger partial charge in [0.05, 0.1) is 23.9 Å². The molecule has 0 aliphatic carbocycles. The van der Waals surface area contributed by atoms with Gasteiger partial charge in [-0.05, 0) is 36.8 Å². The molecule has 2 aromatic rings. The van der Waals surface area contributed by atoms with Crippen LogP contribution in [0, 0.1) is 12.7 Å². The van der Waals surface area contributed by atoms with Crippen molar-refractivity contribution in [3.05, 3.63) is 71.7 Å². The number of aromatic nitrogens is 1. The van der Waals surface area contributed by atoms with Crippen molar-refractivity contribution in [2.75, 3.05) is 7.11 Å². The zero-order chi connectivity index (χ0) is 19.6. The van der Waals surface area contributed by atoms with Gasteiger partial charge in [-0.25, -0.2) is 14.2 Å². The molecular formula is C19H15F4NO2. The number of carbonyl (C=O) groups is 1. The third-order valence-electron chi connectivity index (χ3n) is 3.77. The minimum absolute atomic E-state index is 0.0253. The second-order valence-corrected chi connectivity index (χ2v) is 5.44. The van der Waals surface area contributed by atoms with Crippen LogP contribution in [0.5, 0.6) is 0 Å². The molecule has 0 aliphatic heterocycles. The summed E-state index contributed by atoms with van der Waals surface area (Å²) in [5.74, 6) is -1.33. The van der Waals surface area contributed by atoms with Crippen molar-refractivity contribution in [2.24, 2.45) is 0 Å². The largest absolute Gasteiger partial charge is 0.465 e. The maximum Gasteiger partial charge on any atom is 0.415 e. The van der Waals surface area contributed by atoms with Crippen LogP contribution in [0.15, 0.2) is 49.1 Å². The Kier molecular flexibility index (Phi) is 5.30. The van der Waals surface area contributed by atoms with Crippen molar-refractivity contribution in [3.8, 4) is 0 Å². The van der Waals surface area contributed by atoms with E-state index < -0.39 is 23.5 Å². The van der Waals surface area contributed by atoms with E-state index in [0.717, 1.165) is 25.3 Å². The number of esters is 1.